The summed E-state index contributed by atoms with van der Waals surface area (Å²) in [5.74, 6) is 0.781. The summed E-state index contributed by atoms with van der Waals surface area (Å²) in [6.07, 6.45) is 5.09. The summed E-state index contributed by atoms with van der Waals surface area (Å²) >= 11 is 0. The number of para-hydroxylation sites is 2. The molecule has 0 unspecified atom stereocenters. The molecule has 0 aliphatic rings. The largest absolute Gasteiger partial charge is 0.493 e. The van der Waals surface area contributed by atoms with Gasteiger partial charge in [0.1, 0.15) is 19.0 Å². The zero-order chi connectivity index (χ0) is 18.8. The van der Waals surface area contributed by atoms with E-state index in [4.69, 9.17) is 19.3 Å². The maximum absolute atomic E-state index is 10.8. The SMILES string of the molecule is C=CCc1ccccc1OCCOc1c(C=CC(=O)O)cccc1OC. The minimum atomic E-state index is -1.03. The Hall–Kier alpha value is -3.21. The highest BCUT2D eigenvalue weighted by molar-refractivity contribution is 5.86. The Morgan fingerprint density at radius 1 is 1.08 bits per heavy atom. The van der Waals surface area contributed by atoms with E-state index in [0.717, 1.165) is 23.8 Å². The van der Waals surface area contributed by atoms with Crippen LogP contribution in [0.1, 0.15) is 11.1 Å². The molecule has 0 aliphatic carbocycles. The molecule has 2 aromatic carbocycles. The fraction of sp³-hybridized carbons (Fsp3) is 0.190. The number of methoxy groups -OCH3 is 1. The Morgan fingerprint density at radius 2 is 1.81 bits per heavy atom. The molecule has 0 heterocycles. The first-order valence-electron chi connectivity index (χ1n) is 8.18. The van der Waals surface area contributed by atoms with Gasteiger partial charge in [-0.25, -0.2) is 4.79 Å². The number of allylic oxidation sites excluding steroid dienone is 1. The van der Waals surface area contributed by atoms with Crippen molar-refractivity contribution in [2.75, 3.05) is 20.3 Å². The highest BCUT2D eigenvalue weighted by Crippen LogP contribution is 2.32. The second kappa shape index (κ2) is 9.93. The van der Waals surface area contributed by atoms with Gasteiger partial charge in [-0.2, -0.15) is 0 Å². The molecule has 0 spiro atoms. The summed E-state index contributed by atoms with van der Waals surface area (Å²) in [6, 6.07) is 13.1. The van der Waals surface area contributed by atoms with Gasteiger partial charge in [0, 0.05) is 11.6 Å². The third-order valence-electron chi connectivity index (χ3n) is 3.56. The highest BCUT2D eigenvalue weighted by Gasteiger charge is 2.09. The van der Waals surface area contributed by atoms with Crippen molar-refractivity contribution in [1.29, 1.82) is 0 Å². The summed E-state index contributed by atoms with van der Waals surface area (Å²) in [7, 11) is 1.54. The first-order chi connectivity index (χ1) is 12.7. The van der Waals surface area contributed by atoms with Crippen LogP contribution in [0.3, 0.4) is 0 Å². The molecule has 26 heavy (non-hydrogen) atoms. The molecule has 0 fully saturated rings. The Kier molecular flexibility index (Phi) is 7.31. The summed E-state index contributed by atoms with van der Waals surface area (Å²) < 4.78 is 16.9. The average Bonchev–Trinajstić information content (AvgIpc) is 2.65. The van der Waals surface area contributed by atoms with Crippen LogP contribution < -0.4 is 14.2 Å². The lowest BCUT2D eigenvalue weighted by atomic mass is 10.1. The van der Waals surface area contributed by atoms with Crippen LogP contribution in [-0.4, -0.2) is 31.4 Å². The summed E-state index contributed by atoms with van der Waals surface area (Å²) in [6.45, 7) is 4.38. The van der Waals surface area contributed by atoms with E-state index in [0.29, 0.717) is 23.7 Å². The fourth-order valence-corrected chi connectivity index (χ4v) is 2.40. The van der Waals surface area contributed by atoms with Gasteiger partial charge in [0.25, 0.3) is 0 Å². The van der Waals surface area contributed by atoms with Crippen molar-refractivity contribution < 1.29 is 24.1 Å². The highest BCUT2D eigenvalue weighted by atomic mass is 16.5. The van der Waals surface area contributed by atoms with Crippen molar-refractivity contribution >= 4 is 12.0 Å². The van der Waals surface area contributed by atoms with Crippen LogP contribution in [0.5, 0.6) is 17.2 Å². The molecule has 0 amide bonds. The van der Waals surface area contributed by atoms with Gasteiger partial charge in [0.2, 0.25) is 0 Å². The number of hydrogen-bond acceptors (Lipinski definition) is 4. The molecule has 136 valence electrons. The molecule has 0 radical (unpaired) electrons. The Labute approximate surface area is 153 Å². The molecule has 0 saturated heterocycles. The lowest BCUT2D eigenvalue weighted by Crippen LogP contribution is -2.11. The number of aliphatic carboxylic acids is 1. The van der Waals surface area contributed by atoms with E-state index in [2.05, 4.69) is 6.58 Å². The van der Waals surface area contributed by atoms with E-state index in [1.54, 1.807) is 18.2 Å². The van der Waals surface area contributed by atoms with Crippen LogP contribution in [-0.2, 0) is 11.2 Å². The number of carbonyl (C=O) groups is 1. The molecular formula is C21H22O5. The third-order valence-corrected chi connectivity index (χ3v) is 3.56. The van der Waals surface area contributed by atoms with E-state index in [9.17, 15) is 4.79 Å². The number of ether oxygens (including phenoxy) is 3. The standard InChI is InChI=1S/C21H22O5/c1-3-7-16-8-4-5-10-18(16)25-14-15-26-21-17(12-13-20(22)23)9-6-11-19(21)24-2/h3-6,8-13H,1,7,14-15H2,2H3,(H,22,23). The quantitative estimate of drug-likeness (QED) is 0.397. The van der Waals surface area contributed by atoms with Gasteiger partial charge in [-0.3, -0.25) is 0 Å². The molecule has 0 atom stereocenters. The first-order valence-corrected chi connectivity index (χ1v) is 8.18. The van der Waals surface area contributed by atoms with Crippen LogP contribution in [0, 0.1) is 0 Å². The maximum Gasteiger partial charge on any atom is 0.328 e. The van der Waals surface area contributed by atoms with Gasteiger partial charge in [-0.05, 0) is 30.2 Å². The van der Waals surface area contributed by atoms with Crippen LogP contribution >= 0.6 is 0 Å². The average molecular weight is 354 g/mol. The Balaban J connectivity index is 2.03. The normalized spacial score (nSPS) is 10.5. The monoisotopic (exact) mass is 354 g/mol. The molecule has 0 aromatic heterocycles. The van der Waals surface area contributed by atoms with Crippen molar-refractivity contribution in [3.05, 3.63) is 72.3 Å². The third kappa shape index (κ3) is 5.41. The van der Waals surface area contributed by atoms with E-state index >= 15 is 0 Å². The van der Waals surface area contributed by atoms with Crippen molar-refractivity contribution in [1.82, 2.24) is 0 Å². The van der Waals surface area contributed by atoms with Crippen LogP contribution in [0.2, 0.25) is 0 Å². The van der Waals surface area contributed by atoms with E-state index in [-0.39, 0.29) is 6.61 Å². The number of carboxylic acid groups (broad SMARTS) is 1. The van der Waals surface area contributed by atoms with Gasteiger partial charge in [0.15, 0.2) is 11.5 Å². The molecule has 0 aliphatic heterocycles. The summed E-state index contributed by atoms with van der Waals surface area (Å²) in [4.78, 5) is 10.8. The number of benzene rings is 2. The van der Waals surface area contributed by atoms with Crippen LogP contribution in [0.4, 0.5) is 0 Å². The smallest absolute Gasteiger partial charge is 0.328 e. The molecule has 5 nitrogen and oxygen atoms in total. The van der Waals surface area contributed by atoms with Crippen molar-refractivity contribution in [2.24, 2.45) is 0 Å². The van der Waals surface area contributed by atoms with E-state index < -0.39 is 5.97 Å². The predicted molar refractivity (Wildman–Crippen MR) is 101 cm³/mol. The minimum absolute atomic E-state index is 0.288. The molecule has 0 saturated carbocycles. The van der Waals surface area contributed by atoms with E-state index in [1.807, 2.05) is 30.3 Å². The predicted octanol–water partition coefficient (Wildman–Crippen LogP) is 3.98. The molecule has 1 N–H and O–H groups in total. The van der Waals surface area contributed by atoms with Gasteiger partial charge in [0.05, 0.1) is 7.11 Å². The molecule has 0 bridgehead atoms. The second-order valence-electron chi connectivity index (χ2n) is 5.35. The second-order valence-corrected chi connectivity index (χ2v) is 5.35. The first kappa shape index (κ1) is 19.1. The maximum atomic E-state index is 10.8. The van der Waals surface area contributed by atoms with Gasteiger partial charge >= 0.3 is 5.97 Å². The Morgan fingerprint density at radius 3 is 2.54 bits per heavy atom. The minimum Gasteiger partial charge on any atom is -0.493 e. The van der Waals surface area contributed by atoms with Crippen molar-refractivity contribution in [3.63, 3.8) is 0 Å². The summed E-state index contributed by atoms with van der Waals surface area (Å²) in [5, 5.41) is 8.82. The van der Waals surface area contributed by atoms with Gasteiger partial charge in [-0.1, -0.05) is 36.4 Å². The molecule has 2 aromatic rings. The molecule has 5 heteroatoms. The lowest BCUT2D eigenvalue weighted by molar-refractivity contribution is -0.131. The zero-order valence-corrected chi connectivity index (χ0v) is 14.7. The fourth-order valence-electron chi connectivity index (χ4n) is 2.40. The molecular weight excluding hydrogens is 332 g/mol. The van der Waals surface area contributed by atoms with Crippen LogP contribution in [0.25, 0.3) is 6.08 Å². The van der Waals surface area contributed by atoms with Crippen molar-refractivity contribution in [2.45, 2.75) is 6.42 Å². The van der Waals surface area contributed by atoms with Crippen LogP contribution in [0.15, 0.2) is 61.2 Å². The topological polar surface area (TPSA) is 65.0 Å². The Bertz CT molecular complexity index is 780. The number of rotatable bonds is 10. The summed E-state index contributed by atoms with van der Waals surface area (Å²) in [5.41, 5.74) is 1.68. The number of hydrogen-bond donors (Lipinski definition) is 1. The zero-order valence-electron chi connectivity index (χ0n) is 14.7. The van der Waals surface area contributed by atoms with Gasteiger partial charge in [-0.15, -0.1) is 6.58 Å². The molecule has 2 rings (SSSR count). The van der Waals surface area contributed by atoms with E-state index in [1.165, 1.54) is 13.2 Å². The lowest BCUT2D eigenvalue weighted by Gasteiger charge is -2.14. The van der Waals surface area contributed by atoms with Gasteiger partial charge < -0.3 is 19.3 Å². The van der Waals surface area contributed by atoms with Crippen molar-refractivity contribution in [3.8, 4) is 17.2 Å². The number of carboxylic acids is 1.